The molecule has 1 aromatic rings. The zero-order valence-electron chi connectivity index (χ0n) is 13.8. The highest BCUT2D eigenvalue weighted by Gasteiger charge is 2.15. The Kier molecular flexibility index (Phi) is 4.98. The van der Waals surface area contributed by atoms with Crippen molar-refractivity contribution in [1.82, 2.24) is 15.5 Å². The van der Waals surface area contributed by atoms with Crippen LogP contribution in [0.1, 0.15) is 37.8 Å². The Bertz CT molecular complexity index is 500. The van der Waals surface area contributed by atoms with Crippen molar-refractivity contribution < 1.29 is 0 Å². The molecule has 3 rings (SSSR count). The number of piperidine rings is 1. The van der Waals surface area contributed by atoms with Crippen LogP contribution >= 0.6 is 0 Å². The summed E-state index contributed by atoms with van der Waals surface area (Å²) in [4.78, 5) is 7.00. The molecule has 1 unspecified atom stereocenters. The van der Waals surface area contributed by atoms with Crippen LogP contribution in [-0.4, -0.2) is 36.5 Å². The largest absolute Gasteiger partial charge is 0.352 e. The van der Waals surface area contributed by atoms with Gasteiger partial charge in [0.1, 0.15) is 0 Å². The minimum atomic E-state index is 0.456. The maximum Gasteiger partial charge on any atom is 0.191 e. The minimum absolute atomic E-state index is 0.456. The summed E-state index contributed by atoms with van der Waals surface area (Å²) < 4.78 is 0. The minimum Gasteiger partial charge on any atom is -0.352 e. The van der Waals surface area contributed by atoms with E-state index in [9.17, 15) is 0 Å². The molecule has 1 fully saturated rings. The number of guanidine groups is 1. The van der Waals surface area contributed by atoms with Gasteiger partial charge in [-0.1, -0.05) is 31.2 Å². The smallest absolute Gasteiger partial charge is 0.191 e. The van der Waals surface area contributed by atoms with Gasteiger partial charge in [-0.05, 0) is 49.9 Å². The van der Waals surface area contributed by atoms with Crippen molar-refractivity contribution in [3.05, 3.63) is 35.4 Å². The number of rotatable bonds is 4. The number of likely N-dealkylation sites (tertiary alicyclic amines) is 1. The summed E-state index contributed by atoms with van der Waals surface area (Å²) in [7, 11) is 0. The van der Waals surface area contributed by atoms with Crippen molar-refractivity contribution in [3.8, 4) is 0 Å². The molecule has 1 aromatic carbocycles. The van der Waals surface area contributed by atoms with Crippen LogP contribution in [0, 0.1) is 5.92 Å². The molecular weight excluding hydrogens is 272 g/mol. The predicted molar refractivity (Wildman–Crippen MR) is 91.9 cm³/mol. The number of aliphatic imine (C=N–C) groups is 1. The Morgan fingerprint density at radius 2 is 1.82 bits per heavy atom. The first-order valence-electron chi connectivity index (χ1n) is 8.54. The van der Waals surface area contributed by atoms with Crippen molar-refractivity contribution in [2.24, 2.45) is 10.9 Å². The van der Waals surface area contributed by atoms with Crippen molar-refractivity contribution in [1.29, 1.82) is 0 Å². The molecule has 4 nitrogen and oxygen atoms in total. The lowest BCUT2D eigenvalue weighted by Gasteiger charge is -2.30. The molecule has 0 radical (unpaired) electrons. The average Bonchev–Trinajstić information content (AvgIpc) is 2.94. The summed E-state index contributed by atoms with van der Waals surface area (Å²) in [6, 6.07) is 9.45. The molecule has 0 saturated carbocycles. The van der Waals surface area contributed by atoms with E-state index in [1.165, 1.54) is 37.1 Å². The fourth-order valence-corrected chi connectivity index (χ4v) is 3.09. The van der Waals surface area contributed by atoms with E-state index >= 15 is 0 Å². The number of nitrogens with zero attached hydrogens (tertiary/aromatic N) is 2. The second kappa shape index (κ2) is 7.14. The van der Waals surface area contributed by atoms with Gasteiger partial charge < -0.3 is 10.6 Å². The van der Waals surface area contributed by atoms with Gasteiger partial charge in [-0.3, -0.25) is 9.89 Å². The first kappa shape index (κ1) is 15.3. The Morgan fingerprint density at radius 3 is 2.45 bits per heavy atom. The van der Waals surface area contributed by atoms with Crippen molar-refractivity contribution in [2.45, 2.75) is 45.8 Å². The quantitative estimate of drug-likeness (QED) is 0.897. The molecule has 0 amide bonds. The summed E-state index contributed by atoms with van der Waals surface area (Å²) in [5.41, 5.74) is 2.73. The van der Waals surface area contributed by atoms with Crippen LogP contribution < -0.4 is 10.6 Å². The molecule has 0 bridgehead atoms. The second-order valence-electron chi connectivity index (χ2n) is 6.86. The van der Waals surface area contributed by atoms with E-state index in [4.69, 9.17) is 0 Å². The molecule has 120 valence electrons. The van der Waals surface area contributed by atoms with Crippen LogP contribution in [0.4, 0.5) is 0 Å². The Labute approximate surface area is 134 Å². The van der Waals surface area contributed by atoms with Crippen LogP contribution in [0.5, 0.6) is 0 Å². The molecule has 2 N–H and O–H groups in total. The van der Waals surface area contributed by atoms with Gasteiger partial charge in [0.05, 0.1) is 6.54 Å². The summed E-state index contributed by atoms with van der Waals surface area (Å²) in [5.74, 6) is 1.83. The van der Waals surface area contributed by atoms with Gasteiger partial charge in [0.15, 0.2) is 5.96 Å². The normalized spacial score (nSPS) is 23.2. The number of benzene rings is 1. The van der Waals surface area contributed by atoms with E-state index in [2.05, 4.69) is 58.6 Å². The molecule has 0 aliphatic carbocycles. The van der Waals surface area contributed by atoms with Crippen LogP contribution in [-0.2, 0) is 13.1 Å². The molecule has 1 atom stereocenters. The summed E-state index contributed by atoms with van der Waals surface area (Å²) in [6.07, 6.45) is 2.69. The predicted octanol–water partition coefficient (Wildman–Crippen LogP) is 2.36. The molecule has 4 heteroatoms. The molecule has 2 aliphatic rings. The van der Waals surface area contributed by atoms with E-state index in [1.54, 1.807) is 0 Å². The highest BCUT2D eigenvalue weighted by atomic mass is 15.2. The second-order valence-corrected chi connectivity index (χ2v) is 6.86. The third-order valence-electron chi connectivity index (χ3n) is 4.67. The van der Waals surface area contributed by atoms with Gasteiger partial charge in [-0.2, -0.15) is 0 Å². The molecular formula is C18H28N4. The maximum atomic E-state index is 4.42. The van der Waals surface area contributed by atoms with E-state index < -0.39 is 0 Å². The molecule has 0 spiro atoms. The first-order valence-corrected chi connectivity index (χ1v) is 8.54. The highest BCUT2D eigenvalue weighted by Crippen LogP contribution is 2.18. The lowest BCUT2D eigenvalue weighted by molar-refractivity contribution is 0.185. The summed E-state index contributed by atoms with van der Waals surface area (Å²) in [5, 5.41) is 6.69. The van der Waals surface area contributed by atoms with Gasteiger partial charge in [0.2, 0.25) is 0 Å². The molecule has 22 heavy (non-hydrogen) atoms. The van der Waals surface area contributed by atoms with E-state index in [-0.39, 0.29) is 0 Å². The van der Waals surface area contributed by atoms with Gasteiger partial charge >= 0.3 is 0 Å². The highest BCUT2D eigenvalue weighted by molar-refractivity contribution is 5.81. The summed E-state index contributed by atoms with van der Waals surface area (Å²) >= 11 is 0. The van der Waals surface area contributed by atoms with Crippen LogP contribution in [0.2, 0.25) is 0 Å². The molecule has 1 saturated heterocycles. The molecule has 2 aliphatic heterocycles. The van der Waals surface area contributed by atoms with E-state index in [0.717, 1.165) is 31.5 Å². The maximum absolute atomic E-state index is 4.42. The Morgan fingerprint density at radius 1 is 1.14 bits per heavy atom. The first-order chi connectivity index (χ1) is 10.7. The van der Waals surface area contributed by atoms with Crippen LogP contribution in [0.3, 0.4) is 0 Å². The monoisotopic (exact) mass is 300 g/mol. The van der Waals surface area contributed by atoms with Crippen molar-refractivity contribution in [3.63, 3.8) is 0 Å². The van der Waals surface area contributed by atoms with Crippen LogP contribution in [0.15, 0.2) is 29.3 Å². The SMILES string of the molecule is CC1CCN(Cc2ccc(CNC3=NCC(C)N3)cc2)CC1. The Hall–Kier alpha value is -1.55. The lowest BCUT2D eigenvalue weighted by Crippen LogP contribution is -2.37. The van der Waals surface area contributed by atoms with Gasteiger partial charge in [0, 0.05) is 19.1 Å². The standard InChI is InChI=1S/C18H28N4/c1-14-7-9-22(10-8-14)13-17-5-3-16(4-6-17)12-20-18-19-11-15(2)21-18/h3-6,14-15H,7-13H2,1-2H3,(H2,19,20,21). The Balaban J connectivity index is 1.46. The lowest BCUT2D eigenvalue weighted by atomic mass is 9.99. The topological polar surface area (TPSA) is 39.7 Å². The zero-order valence-corrected chi connectivity index (χ0v) is 13.8. The van der Waals surface area contributed by atoms with E-state index in [0.29, 0.717) is 6.04 Å². The summed E-state index contributed by atoms with van der Waals surface area (Å²) in [6.45, 7) is 9.79. The number of hydrogen-bond donors (Lipinski definition) is 2. The van der Waals surface area contributed by atoms with Gasteiger partial charge in [-0.25, -0.2) is 0 Å². The zero-order chi connectivity index (χ0) is 15.4. The van der Waals surface area contributed by atoms with Crippen LogP contribution in [0.25, 0.3) is 0 Å². The molecule has 2 heterocycles. The fourth-order valence-electron chi connectivity index (χ4n) is 3.09. The third-order valence-corrected chi connectivity index (χ3v) is 4.67. The molecule has 0 aromatic heterocycles. The number of hydrogen-bond acceptors (Lipinski definition) is 4. The van der Waals surface area contributed by atoms with Crippen molar-refractivity contribution in [2.75, 3.05) is 19.6 Å². The third kappa shape index (κ3) is 4.23. The number of nitrogens with one attached hydrogen (secondary N) is 2. The van der Waals surface area contributed by atoms with Gasteiger partial charge in [0.25, 0.3) is 0 Å². The fraction of sp³-hybridized carbons (Fsp3) is 0.611. The van der Waals surface area contributed by atoms with Gasteiger partial charge in [-0.15, -0.1) is 0 Å². The van der Waals surface area contributed by atoms with Crippen molar-refractivity contribution >= 4 is 5.96 Å². The average molecular weight is 300 g/mol. The van der Waals surface area contributed by atoms with E-state index in [1.807, 2.05) is 0 Å².